The summed E-state index contributed by atoms with van der Waals surface area (Å²) in [4.78, 5) is 4.13. The number of hydrogen-bond acceptors (Lipinski definition) is 2. The van der Waals surface area contributed by atoms with Crippen molar-refractivity contribution in [1.29, 1.82) is 0 Å². The third-order valence-electron chi connectivity index (χ3n) is 2.92. The van der Waals surface area contributed by atoms with Crippen LogP contribution in [0.25, 0.3) is 10.8 Å². The Balaban J connectivity index is 2.22. The summed E-state index contributed by atoms with van der Waals surface area (Å²) in [5.41, 5.74) is 1.26. The van der Waals surface area contributed by atoms with Crippen LogP contribution >= 0.6 is 0 Å². The fourth-order valence-electron chi connectivity index (χ4n) is 1.90. The molecular formula is C15H16N2. The van der Waals surface area contributed by atoms with E-state index in [9.17, 15) is 0 Å². The number of hydrogen-bond donors (Lipinski definition) is 1. The predicted octanol–water partition coefficient (Wildman–Crippen LogP) is 2.74. The molecule has 1 N–H and O–H groups in total. The molecular weight excluding hydrogens is 208 g/mol. The fraction of sp³-hybridized carbons (Fsp3) is 0.267. The highest BCUT2D eigenvalue weighted by Crippen LogP contribution is 2.17. The molecule has 86 valence electrons. The number of pyridine rings is 1. The Labute approximate surface area is 102 Å². The van der Waals surface area contributed by atoms with Crippen LogP contribution in [0.5, 0.6) is 0 Å². The molecule has 2 aromatic rings. The van der Waals surface area contributed by atoms with Gasteiger partial charge in [0, 0.05) is 24.3 Å². The van der Waals surface area contributed by atoms with Crippen molar-refractivity contribution in [2.24, 2.45) is 0 Å². The lowest BCUT2D eigenvalue weighted by Gasteiger charge is -2.12. The lowest BCUT2D eigenvalue weighted by molar-refractivity contribution is 0.594. The van der Waals surface area contributed by atoms with Gasteiger partial charge in [0.1, 0.15) is 0 Å². The zero-order chi connectivity index (χ0) is 12.1. The molecule has 0 amide bonds. The van der Waals surface area contributed by atoms with Crippen LogP contribution < -0.4 is 5.32 Å². The zero-order valence-electron chi connectivity index (χ0n) is 9.98. The number of fused-ring (bicyclic) bond motifs is 1. The average Bonchev–Trinajstić information content (AvgIpc) is 2.40. The third-order valence-corrected chi connectivity index (χ3v) is 2.92. The van der Waals surface area contributed by atoms with Gasteiger partial charge >= 0.3 is 0 Å². The second kappa shape index (κ2) is 5.47. The van der Waals surface area contributed by atoms with E-state index >= 15 is 0 Å². The van der Waals surface area contributed by atoms with Crippen LogP contribution in [0.4, 0.5) is 0 Å². The normalized spacial score (nSPS) is 12.2. The summed E-state index contributed by atoms with van der Waals surface area (Å²) in [6.07, 6.45) is 10.1. The molecule has 2 heteroatoms. The minimum Gasteiger partial charge on any atom is -0.300 e. The van der Waals surface area contributed by atoms with Crippen molar-refractivity contribution >= 4 is 10.8 Å². The molecule has 2 rings (SSSR count). The molecule has 0 fully saturated rings. The van der Waals surface area contributed by atoms with Crippen molar-refractivity contribution in [3.63, 3.8) is 0 Å². The zero-order valence-corrected chi connectivity index (χ0v) is 9.98. The molecule has 1 heterocycles. The molecule has 0 bridgehead atoms. The van der Waals surface area contributed by atoms with Crippen LogP contribution in [-0.2, 0) is 6.54 Å². The van der Waals surface area contributed by atoms with E-state index in [-0.39, 0.29) is 6.04 Å². The molecule has 1 unspecified atom stereocenters. The van der Waals surface area contributed by atoms with Crippen LogP contribution in [0.3, 0.4) is 0 Å². The van der Waals surface area contributed by atoms with Crippen molar-refractivity contribution in [1.82, 2.24) is 10.3 Å². The first-order valence-corrected chi connectivity index (χ1v) is 5.86. The Morgan fingerprint density at radius 3 is 3.06 bits per heavy atom. The molecule has 2 nitrogen and oxygen atoms in total. The van der Waals surface area contributed by atoms with Gasteiger partial charge in [-0.15, -0.1) is 6.42 Å². The Morgan fingerprint density at radius 2 is 2.29 bits per heavy atom. The summed E-state index contributed by atoms with van der Waals surface area (Å²) >= 11 is 0. The monoisotopic (exact) mass is 224 g/mol. The Bertz CT molecular complexity index is 535. The van der Waals surface area contributed by atoms with Crippen molar-refractivity contribution in [3.05, 3.63) is 42.2 Å². The summed E-state index contributed by atoms with van der Waals surface area (Å²) < 4.78 is 0. The first-order valence-electron chi connectivity index (χ1n) is 5.86. The fourth-order valence-corrected chi connectivity index (χ4v) is 1.90. The van der Waals surface area contributed by atoms with E-state index in [1.807, 2.05) is 18.5 Å². The molecule has 0 aliphatic rings. The second-order valence-electron chi connectivity index (χ2n) is 4.02. The molecule has 0 aliphatic heterocycles. The highest BCUT2D eigenvalue weighted by molar-refractivity contribution is 5.84. The number of nitrogens with zero attached hydrogens (tertiary/aromatic N) is 1. The summed E-state index contributed by atoms with van der Waals surface area (Å²) in [5.74, 6) is 2.75. The van der Waals surface area contributed by atoms with Crippen LogP contribution in [0.1, 0.15) is 18.9 Å². The maximum atomic E-state index is 5.44. The van der Waals surface area contributed by atoms with Crippen LogP contribution in [0.2, 0.25) is 0 Å². The molecule has 17 heavy (non-hydrogen) atoms. The second-order valence-corrected chi connectivity index (χ2v) is 4.02. The standard InChI is InChI=1S/C15H16N2/c1-3-14(4-2)17-11-13-7-5-6-12-10-16-9-8-15(12)13/h1,5-10,14,17H,4,11H2,2H3. The summed E-state index contributed by atoms with van der Waals surface area (Å²) in [6.45, 7) is 2.88. The topological polar surface area (TPSA) is 24.9 Å². The average molecular weight is 224 g/mol. The molecule has 0 saturated carbocycles. The molecule has 1 aromatic heterocycles. The van der Waals surface area contributed by atoms with Gasteiger partial charge in [-0.2, -0.15) is 0 Å². The van der Waals surface area contributed by atoms with Crippen molar-refractivity contribution in [2.75, 3.05) is 0 Å². The first kappa shape index (κ1) is 11.6. The smallest absolute Gasteiger partial charge is 0.0686 e. The number of nitrogens with one attached hydrogen (secondary N) is 1. The van der Waals surface area contributed by atoms with Crippen molar-refractivity contribution in [2.45, 2.75) is 25.9 Å². The van der Waals surface area contributed by atoms with Gasteiger partial charge in [0.2, 0.25) is 0 Å². The van der Waals surface area contributed by atoms with Gasteiger partial charge < -0.3 is 0 Å². The van der Waals surface area contributed by atoms with Crippen LogP contribution in [0, 0.1) is 12.3 Å². The van der Waals surface area contributed by atoms with E-state index in [4.69, 9.17) is 6.42 Å². The van der Waals surface area contributed by atoms with E-state index < -0.39 is 0 Å². The Kier molecular flexibility index (Phi) is 3.74. The highest BCUT2D eigenvalue weighted by Gasteiger charge is 2.03. The van der Waals surface area contributed by atoms with Crippen molar-refractivity contribution < 1.29 is 0 Å². The number of benzene rings is 1. The maximum Gasteiger partial charge on any atom is 0.0686 e. The molecule has 0 saturated heterocycles. The van der Waals surface area contributed by atoms with E-state index in [1.165, 1.54) is 16.3 Å². The van der Waals surface area contributed by atoms with Crippen LogP contribution in [0.15, 0.2) is 36.7 Å². The van der Waals surface area contributed by atoms with Gasteiger partial charge in [0.05, 0.1) is 6.04 Å². The maximum absolute atomic E-state index is 5.44. The van der Waals surface area contributed by atoms with Crippen molar-refractivity contribution in [3.8, 4) is 12.3 Å². The van der Waals surface area contributed by atoms with Gasteiger partial charge in [-0.1, -0.05) is 31.0 Å². The SMILES string of the molecule is C#CC(CC)NCc1cccc2cnccc12. The molecule has 1 aromatic carbocycles. The number of aromatic nitrogens is 1. The van der Waals surface area contributed by atoms with E-state index in [0.717, 1.165) is 13.0 Å². The lowest BCUT2D eigenvalue weighted by atomic mass is 10.1. The van der Waals surface area contributed by atoms with Gasteiger partial charge in [-0.25, -0.2) is 0 Å². The third kappa shape index (κ3) is 2.64. The largest absolute Gasteiger partial charge is 0.300 e. The summed E-state index contributed by atoms with van der Waals surface area (Å²) in [6, 6.07) is 8.44. The minimum atomic E-state index is 0.145. The first-order chi connectivity index (χ1) is 8.35. The highest BCUT2D eigenvalue weighted by atomic mass is 14.9. The van der Waals surface area contributed by atoms with Crippen LogP contribution in [-0.4, -0.2) is 11.0 Å². The Hall–Kier alpha value is -1.85. The van der Waals surface area contributed by atoms with E-state index in [2.05, 4.69) is 41.3 Å². The number of terminal acetylenes is 1. The molecule has 0 aliphatic carbocycles. The molecule has 0 spiro atoms. The van der Waals surface area contributed by atoms with E-state index in [0.29, 0.717) is 0 Å². The molecule has 1 atom stereocenters. The van der Waals surface area contributed by atoms with E-state index in [1.54, 1.807) is 0 Å². The quantitative estimate of drug-likeness (QED) is 0.808. The minimum absolute atomic E-state index is 0.145. The predicted molar refractivity (Wildman–Crippen MR) is 71.5 cm³/mol. The Morgan fingerprint density at radius 1 is 1.41 bits per heavy atom. The number of rotatable bonds is 4. The summed E-state index contributed by atoms with van der Waals surface area (Å²) in [7, 11) is 0. The summed E-state index contributed by atoms with van der Waals surface area (Å²) in [5, 5.41) is 5.78. The van der Waals surface area contributed by atoms with Gasteiger partial charge in [0.25, 0.3) is 0 Å². The molecule has 0 radical (unpaired) electrons. The lowest BCUT2D eigenvalue weighted by Crippen LogP contribution is -2.26. The van der Waals surface area contributed by atoms with Gasteiger partial charge in [-0.05, 0) is 23.4 Å². The van der Waals surface area contributed by atoms with Gasteiger partial charge in [0.15, 0.2) is 0 Å². The van der Waals surface area contributed by atoms with Gasteiger partial charge in [-0.3, -0.25) is 10.3 Å².